The third kappa shape index (κ3) is 1.96. The minimum atomic E-state index is -0.148. The van der Waals surface area contributed by atoms with E-state index in [1.165, 1.54) is 0 Å². The van der Waals surface area contributed by atoms with Gasteiger partial charge in [0, 0.05) is 13.1 Å². The van der Waals surface area contributed by atoms with Crippen molar-refractivity contribution in [2.75, 3.05) is 18.8 Å². The summed E-state index contributed by atoms with van der Waals surface area (Å²) < 4.78 is 0. The summed E-state index contributed by atoms with van der Waals surface area (Å²) in [7, 11) is 0. The molecule has 0 radical (unpaired) electrons. The van der Waals surface area contributed by atoms with Crippen molar-refractivity contribution in [1.82, 2.24) is 9.88 Å². The number of nitrogens with two attached hydrogens (primary N) is 1. The second-order valence-electron chi connectivity index (χ2n) is 3.81. The summed E-state index contributed by atoms with van der Waals surface area (Å²) >= 11 is 0. The van der Waals surface area contributed by atoms with E-state index in [1.807, 2.05) is 0 Å². The zero-order valence-electron chi connectivity index (χ0n) is 8.76. The Morgan fingerprint density at radius 3 is 3.06 bits per heavy atom. The van der Waals surface area contributed by atoms with Crippen molar-refractivity contribution in [3.05, 3.63) is 23.9 Å². The first-order valence-electron chi connectivity index (χ1n) is 5.12. The van der Waals surface area contributed by atoms with Crippen LogP contribution in [0.2, 0.25) is 0 Å². The largest absolute Gasteiger partial charge is 0.384 e. The Labute approximate surface area is 93.5 Å². The number of amides is 1. The lowest BCUT2D eigenvalue weighted by Gasteiger charge is -2.14. The number of rotatable bonds is 1. The second-order valence-corrected chi connectivity index (χ2v) is 3.81. The molecule has 1 aromatic heterocycles. The van der Waals surface area contributed by atoms with Crippen LogP contribution in [0, 0.1) is 17.2 Å². The fourth-order valence-corrected chi connectivity index (χ4v) is 1.78. The van der Waals surface area contributed by atoms with Crippen LogP contribution in [0.25, 0.3) is 0 Å². The molecule has 0 bridgehead atoms. The molecule has 0 saturated carbocycles. The Bertz CT molecular complexity index is 452. The van der Waals surface area contributed by atoms with Crippen LogP contribution in [0.5, 0.6) is 0 Å². The molecule has 5 heteroatoms. The predicted octanol–water partition coefficient (Wildman–Crippen LogP) is 0.649. The molecule has 2 rings (SSSR count). The first-order valence-corrected chi connectivity index (χ1v) is 5.12. The quantitative estimate of drug-likeness (QED) is 0.747. The molecule has 16 heavy (non-hydrogen) atoms. The van der Waals surface area contributed by atoms with Crippen LogP contribution in [0.4, 0.5) is 5.82 Å². The van der Waals surface area contributed by atoms with Crippen LogP contribution >= 0.6 is 0 Å². The lowest BCUT2D eigenvalue weighted by atomic mass is 10.1. The maximum Gasteiger partial charge on any atom is 0.272 e. The maximum absolute atomic E-state index is 12.0. The first-order chi connectivity index (χ1) is 7.70. The average Bonchev–Trinajstić information content (AvgIpc) is 2.76. The third-order valence-corrected chi connectivity index (χ3v) is 2.65. The van der Waals surface area contributed by atoms with Crippen molar-refractivity contribution >= 4 is 11.7 Å². The van der Waals surface area contributed by atoms with Gasteiger partial charge in [0.2, 0.25) is 0 Å². The summed E-state index contributed by atoms with van der Waals surface area (Å²) in [5.41, 5.74) is 5.86. The van der Waals surface area contributed by atoms with Gasteiger partial charge in [-0.05, 0) is 18.6 Å². The van der Waals surface area contributed by atoms with E-state index in [0.717, 1.165) is 6.42 Å². The minimum Gasteiger partial charge on any atom is -0.384 e. The normalized spacial score (nSPS) is 19.4. The van der Waals surface area contributed by atoms with Crippen LogP contribution in [-0.2, 0) is 0 Å². The molecule has 0 aromatic carbocycles. The topological polar surface area (TPSA) is 83.0 Å². The molecule has 1 aromatic rings. The zero-order chi connectivity index (χ0) is 11.5. The lowest BCUT2D eigenvalue weighted by Crippen LogP contribution is -2.29. The van der Waals surface area contributed by atoms with Gasteiger partial charge in [-0.1, -0.05) is 6.07 Å². The van der Waals surface area contributed by atoms with Crippen LogP contribution < -0.4 is 5.73 Å². The number of hydrogen-bond acceptors (Lipinski definition) is 4. The van der Waals surface area contributed by atoms with Gasteiger partial charge < -0.3 is 10.6 Å². The molecule has 2 heterocycles. The first kappa shape index (κ1) is 10.4. The van der Waals surface area contributed by atoms with Crippen LogP contribution in [0.15, 0.2) is 18.2 Å². The van der Waals surface area contributed by atoms with E-state index >= 15 is 0 Å². The highest BCUT2D eigenvalue weighted by Crippen LogP contribution is 2.17. The fourth-order valence-electron chi connectivity index (χ4n) is 1.78. The van der Waals surface area contributed by atoms with Gasteiger partial charge in [-0.3, -0.25) is 4.79 Å². The van der Waals surface area contributed by atoms with Gasteiger partial charge in [-0.15, -0.1) is 0 Å². The standard InChI is InChI=1S/C11H12N4O/c12-6-8-4-5-15(7-8)11(16)9-2-1-3-10(13)14-9/h1-3,8H,4-5,7H2,(H2,13,14). The Morgan fingerprint density at radius 1 is 1.62 bits per heavy atom. The Kier molecular flexibility index (Phi) is 2.73. The third-order valence-electron chi connectivity index (χ3n) is 2.65. The molecule has 1 amide bonds. The fraction of sp³-hybridized carbons (Fsp3) is 0.364. The molecule has 1 saturated heterocycles. The molecular weight excluding hydrogens is 204 g/mol. The van der Waals surface area contributed by atoms with Gasteiger partial charge in [0.1, 0.15) is 11.5 Å². The number of pyridine rings is 1. The van der Waals surface area contributed by atoms with Crippen LogP contribution in [0.3, 0.4) is 0 Å². The molecule has 1 atom stereocenters. The number of carbonyl (C=O) groups excluding carboxylic acids is 1. The number of anilines is 1. The molecule has 2 N–H and O–H groups in total. The van der Waals surface area contributed by atoms with Crippen molar-refractivity contribution in [3.63, 3.8) is 0 Å². The monoisotopic (exact) mass is 216 g/mol. The Morgan fingerprint density at radius 2 is 2.44 bits per heavy atom. The van der Waals surface area contributed by atoms with Gasteiger partial charge >= 0.3 is 0 Å². The number of nitrogens with zero attached hydrogens (tertiary/aromatic N) is 3. The molecule has 82 valence electrons. The van der Waals surface area contributed by atoms with Crippen molar-refractivity contribution < 1.29 is 4.79 Å². The van der Waals surface area contributed by atoms with E-state index < -0.39 is 0 Å². The number of nitriles is 1. The SMILES string of the molecule is N#CC1CCN(C(=O)c2cccc(N)n2)C1. The van der Waals surface area contributed by atoms with Gasteiger partial charge in [0.15, 0.2) is 0 Å². The van der Waals surface area contributed by atoms with E-state index in [0.29, 0.717) is 24.6 Å². The van der Waals surface area contributed by atoms with E-state index in [2.05, 4.69) is 11.1 Å². The molecular formula is C11H12N4O. The molecule has 1 fully saturated rings. The number of nitrogen functional groups attached to an aromatic ring is 1. The number of likely N-dealkylation sites (tertiary alicyclic amines) is 1. The molecule has 5 nitrogen and oxygen atoms in total. The van der Waals surface area contributed by atoms with Gasteiger partial charge in [0.25, 0.3) is 5.91 Å². The highest BCUT2D eigenvalue weighted by atomic mass is 16.2. The number of hydrogen-bond donors (Lipinski definition) is 1. The highest BCUT2D eigenvalue weighted by molar-refractivity contribution is 5.92. The van der Waals surface area contributed by atoms with Gasteiger partial charge in [-0.2, -0.15) is 5.26 Å². The second kappa shape index (κ2) is 4.19. The van der Waals surface area contributed by atoms with Gasteiger partial charge in [0.05, 0.1) is 12.0 Å². The summed E-state index contributed by atoms with van der Waals surface area (Å²) in [5.74, 6) is 0.136. The summed E-state index contributed by atoms with van der Waals surface area (Å²) in [6.07, 6.45) is 0.741. The molecule has 1 aliphatic rings. The predicted molar refractivity (Wildman–Crippen MR) is 58.3 cm³/mol. The molecule has 1 aliphatic heterocycles. The van der Waals surface area contributed by atoms with Crippen LogP contribution in [0.1, 0.15) is 16.9 Å². The van der Waals surface area contributed by atoms with E-state index in [9.17, 15) is 4.79 Å². The van der Waals surface area contributed by atoms with E-state index in [-0.39, 0.29) is 11.8 Å². The van der Waals surface area contributed by atoms with Crippen molar-refractivity contribution in [2.24, 2.45) is 5.92 Å². The van der Waals surface area contributed by atoms with Crippen molar-refractivity contribution in [2.45, 2.75) is 6.42 Å². The Balaban J connectivity index is 2.12. The lowest BCUT2D eigenvalue weighted by molar-refractivity contribution is 0.0784. The summed E-state index contributed by atoms with van der Waals surface area (Å²) in [6, 6.07) is 7.15. The zero-order valence-corrected chi connectivity index (χ0v) is 8.76. The minimum absolute atomic E-state index is 0.0509. The average molecular weight is 216 g/mol. The van der Waals surface area contributed by atoms with E-state index in [4.69, 9.17) is 11.0 Å². The molecule has 0 aliphatic carbocycles. The highest BCUT2D eigenvalue weighted by Gasteiger charge is 2.27. The maximum atomic E-state index is 12.0. The number of carbonyl (C=O) groups is 1. The Hall–Kier alpha value is -2.09. The van der Waals surface area contributed by atoms with Crippen LogP contribution in [-0.4, -0.2) is 28.9 Å². The van der Waals surface area contributed by atoms with Gasteiger partial charge in [-0.25, -0.2) is 4.98 Å². The molecule has 1 unspecified atom stereocenters. The summed E-state index contributed by atoms with van der Waals surface area (Å²) in [6.45, 7) is 1.11. The summed E-state index contributed by atoms with van der Waals surface area (Å²) in [5, 5.41) is 8.76. The van der Waals surface area contributed by atoms with Crippen molar-refractivity contribution in [1.29, 1.82) is 5.26 Å². The number of aromatic nitrogens is 1. The molecule has 0 spiro atoms. The summed E-state index contributed by atoms with van der Waals surface area (Å²) in [4.78, 5) is 17.6. The van der Waals surface area contributed by atoms with Crippen molar-refractivity contribution in [3.8, 4) is 6.07 Å². The smallest absolute Gasteiger partial charge is 0.272 e. The van der Waals surface area contributed by atoms with E-state index in [1.54, 1.807) is 23.1 Å².